The van der Waals surface area contributed by atoms with Gasteiger partial charge in [0.15, 0.2) is 5.13 Å². The summed E-state index contributed by atoms with van der Waals surface area (Å²) in [5, 5.41) is 4.94. The number of carbonyl (C=O) groups is 1. The third-order valence-corrected chi connectivity index (χ3v) is 1.76. The van der Waals surface area contributed by atoms with Gasteiger partial charge in [-0.3, -0.25) is 4.79 Å². The number of hydrogen-bond acceptors (Lipinski definition) is 4. The molecule has 0 fully saturated rings. The number of nitrogens with two attached hydrogens (primary N) is 1. The second-order valence-corrected chi connectivity index (χ2v) is 3.01. The maximum absolute atomic E-state index is 10.9. The molecule has 1 aromatic rings. The summed E-state index contributed by atoms with van der Waals surface area (Å²) in [4.78, 5) is 14.8. The Bertz CT molecular complexity index is 232. The first-order valence-corrected chi connectivity index (χ1v) is 4.04. The number of rotatable bonds is 2. The number of nitrogens with one attached hydrogen (secondary N) is 1. The lowest BCUT2D eigenvalue weighted by Crippen LogP contribution is -2.32. The topological polar surface area (TPSA) is 68.0 Å². The van der Waals surface area contributed by atoms with Crippen molar-refractivity contribution in [3.8, 4) is 0 Å². The predicted octanol–water partition coefficient (Wildman–Crippen LogP) is 0.429. The van der Waals surface area contributed by atoms with Gasteiger partial charge in [0.05, 0.1) is 6.04 Å². The van der Waals surface area contributed by atoms with Gasteiger partial charge in [0.2, 0.25) is 5.91 Å². The van der Waals surface area contributed by atoms with Gasteiger partial charge in [-0.25, -0.2) is 4.98 Å². The fourth-order valence-corrected chi connectivity index (χ4v) is 1.04. The van der Waals surface area contributed by atoms with Gasteiger partial charge in [-0.15, -0.1) is 11.3 Å². The monoisotopic (exact) mass is 171 g/mol. The molecule has 1 rings (SSSR count). The fraction of sp³-hybridized carbons (Fsp3) is 0.333. The van der Waals surface area contributed by atoms with Crippen LogP contribution < -0.4 is 11.1 Å². The third kappa shape index (κ3) is 2.28. The van der Waals surface area contributed by atoms with Crippen LogP contribution in [0.1, 0.15) is 6.92 Å². The first-order chi connectivity index (χ1) is 5.20. The Morgan fingerprint density at radius 3 is 3.09 bits per heavy atom. The van der Waals surface area contributed by atoms with E-state index in [0.29, 0.717) is 5.13 Å². The minimum absolute atomic E-state index is 0.208. The number of amides is 1. The van der Waals surface area contributed by atoms with Crippen molar-refractivity contribution in [2.24, 2.45) is 5.73 Å². The minimum atomic E-state index is -0.487. The first kappa shape index (κ1) is 8.16. The van der Waals surface area contributed by atoms with Crippen molar-refractivity contribution >= 4 is 22.4 Å². The summed E-state index contributed by atoms with van der Waals surface area (Å²) in [5.74, 6) is -0.208. The summed E-state index contributed by atoms with van der Waals surface area (Å²) >= 11 is 1.37. The standard InChI is InChI=1S/C6H9N3OS/c1-4(7)5(10)9-6-8-2-3-11-6/h2-4H,7H2,1H3,(H,8,9,10)/t4-/m0/s1. The highest BCUT2D eigenvalue weighted by atomic mass is 32.1. The van der Waals surface area contributed by atoms with Gasteiger partial charge in [-0.05, 0) is 6.92 Å². The molecular formula is C6H9N3OS. The summed E-state index contributed by atoms with van der Waals surface area (Å²) < 4.78 is 0. The molecule has 11 heavy (non-hydrogen) atoms. The molecule has 0 spiro atoms. The van der Waals surface area contributed by atoms with E-state index in [4.69, 9.17) is 5.73 Å². The van der Waals surface area contributed by atoms with Gasteiger partial charge in [-0.1, -0.05) is 0 Å². The fourth-order valence-electron chi connectivity index (χ4n) is 0.504. The molecule has 3 N–H and O–H groups in total. The smallest absolute Gasteiger partial charge is 0.242 e. The summed E-state index contributed by atoms with van der Waals surface area (Å²) in [7, 11) is 0. The molecule has 0 bridgehead atoms. The number of aromatic nitrogens is 1. The van der Waals surface area contributed by atoms with Crippen LogP contribution >= 0.6 is 11.3 Å². The molecule has 1 heterocycles. The summed E-state index contributed by atoms with van der Waals surface area (Å²) in [5.41, 5.74) is 5.32. The van der Waals surface area contributed by atoms with Gasteiger partial charge in [0, 0.05) is 11.6 Å². The zero-order chi connectivity index (χ0) is 8.27. The largest absolute Gasteiger partial charge is 0.320 e. The molecule has 0 aliphatic carbocycles. The summed E-state index contributed by atoms with van der Waals surface area (Å²) in [6, 6.07) is -0.487. The molecular weight excluding hydrogens is 162 g/mol. The minimum Gasteiger partial charge on any atom is -0.320 e. The number of thiazole rings is 1. The van der Waals surface area contributed by atoms with E-state index in [9.17, 15) is 4.79 Å². The lowest BCUT2D eigenvalue weighted by Gasteiger charge is -2.02. The van der Waals surface area contributed by atoms with Gasteiger partial charge in [-0.2, -0.15) is 0 Å². The number of carbonyl (C=O) groups excluding carboxylic acids is 1. The SMILES string of the molecule is C[C@H](N)C(=O)Nc1nccs1. The zero-order valence-electron chi connectivity index (χ0n) is 6.07. The average molecular weight is 171 g/mol. The molecule has 0 aliphatic heterocycles. The molecule has 4 nitrogen and oxygen atoms in total. The molecule has 0 saturated carbocycles. The third-order valence-electron chi connectivity index (χ3n) is 1.08. The van der Waals surface area contributed by atoms with Crippen molar-refractivity contribution in [3.63, 3.8) is 0 Å². The number of hydrogen-bond donors (Lipinski definition) is 2. The van der Waals surface area contributed by atoms with E-state index in [-0.39, 0.29) is 5.91 Å². The number of anilines is 1. The van der Waals surface area contributed by atoms with Gasteiger partial charge in [0.1, 0.15) is 0 Å². The van der Waals surface area contributed by atoms with E-state index in [2.05, 4.69) is 10.3 Å². The molecule has 0 unspecified atom stereocenters. The molecule has 60 valence electrons. The van der Waals surface area contributed by atoms with Crippen molar-refractivity contribution in [2.45, 2.75) is 13.0 Å². The van der Waals surface area contributed by atoms with Crippen LogP contribution in [0.3, 0.4) is 0 Å². The van der Waals surface area contributed by atoms with Crippen molar-refractivity contribution in [3.05, 3.63) is 11.6 Å². The highest BCUT2D eigenvalue weighted by molar-refractivity contribution is 7.13. The normalized spacial score (nSPS) is 12.5. The van der Waals surface area contributed by atoms with Crippen LogP contribution in [-0.4, -0.2) is 16.9 Å². The highest BCUT2D eigenvalue weighted by Crippen LogP contribution is 2.09. The Morgan fingerprint density at radius 2 is 2.64 bits per heavy atom. The van der Waals surface area contributed by atoms with E-state index in [1.165, 1.54) is 11.3 Å². The van der Waals surface area contributed by atoms with Crippen molar-refractivity contribution in [1.82, 2.24) is 4.98 Å². The zero-order valence-corrected chi connectivity index (χ0v) is 6.89. The van der Waals surface area contributed by atoms with Crippen molar-refractivity contribution in [1.29, 1.82) is 0 Å². The Hall–Kier alpha value is -0.940. The van der Waals surface area contributed by atoms with E-state index in [1.807, 2.05) is 0 Å². The lowest BCUT2D eigenvalue weighted by molar-refractivity contribution is -0.117. The average Bonchev–Trinajstić information content (AvgIpc) is 2.39. The molecule has 5 heteroatoms. The Balaban J connectivity index is 2.50. The maximum Gasteiger partial charge on any atom is 0.242 e. The van der Waals surface area contributed by atoms with Crippen LogP contribution in [0.15, 0.2) is 11.6 Å². The molecule has 1 aromatic heterocycles. The van der Waals surface area contributed by atoms with Crippen molar-refractivity contribution < 1.29 is 4.79 Å². The molecule has 1 atom stereocenters. The summed E-state index contributed by atoms with van der Waals surface area (Å²) in [6.45, 7) is 1.63. The van der Waals surface area contributed by atoms with Crippen LogP contribution in [0.5, 0.6) is 0 Å². The van der Waals surface area contributed by atoms with Crippen LogP contribution in [0.2, 0.25) is 0 Å². The van der Waals surface area contributed by atoms with Crippen LogP contribution in [-0.2, 0) is 4.79 Å². The number of nitrogens with zero attached hydrogens (tertiary/aromatic N) is 1. The van der Waals surface area contributed by atoms with E-state index >= 15 is 0 Å². The summed E-state index contributed by atoms with van der Waals surface area (Å²) in [6.07, 6.45) is 1.63. The van der Waals surface area contributed by atoms with E-state index < -0.39 is 6.04 Å². The van der Waals surface area contributed by atoms with Gasteiger partial charge >= 0.3 is 0 Å². The molecule has 1 amide bonds. The lowest BCUT2D eigenvalue weighted by atomic mass is 10.3. The second-order valence-electron chi connectivity index (χ2n) is 2.12. The van der Waals surface area contributed by atoms with Crippen LogP contribution in [0.25, 0.3) is 0 Å². The Labute approximate surface area is 68.4 Å². The predicted molar refractivity (Wildman–Crippen MR) is 44.4 cm³/mol. The maximum atomic E-state index is 10.9. The first-order valence-electron chi connectivity index (χ1n) is 3.16. The van der Waals surface area contributed by atoms with Gasteiger partial charge in [0.25, 0.3) is 0 Å². The quantitative estimate of drug-likeness (QED) is 0.678. The van der Waals surface area contributed by atoms with E-state index in [0.717, 1.165) is 0 Å². The molecule has 0 radical (unpaired) electrons. The van der Waals surface area contributed by atoms with Crippen LogP contribution in [0, 0.1) is 0 Å². The molecule has 0 aliphatic rings. The molecule has 0 saturated heterocycles. The van der Waals surface area contributed by atoms with Gasteiger partial charge < -0.3 is 11.1 Å². The Morgan fingerprint density at radius 1 is 1.91 bits per heavy atom. The van der Waals surface area contributed by atoms with Crippen LogP contribution in [0.4, 0.5) is 5.13 Å². The van der Waals surface area contributed by atoms with E-state index in [1.54, 1.807) is 18.5 Å². The highest BCUT2D eigenvalue weighted by Gasteiger charge is 2.07. The Kier molecular flexibility index (Phi) is 2.56. The second kappa shape index (κ2) is 3.45. The van der Waals surface area contributed by atoms with Crippen molar-refractivity contribution in [2.75, 3.05) is 5.32 Å². The molecule has 0 aromatic carbocycles.